The summed E-state index contributed by atoms with van der Waals surface area (Å²) in [7, 11) is 0. The van der Waals surface area contributed by atoms with E-state index in [0.717, 1.165) is 51.7 Å². The molecule has 0 amide bonds. The Morgan fingerprint density at radius 2 is 1.52 bits per heavy atom. The summed E-state index contributed by atoms with van der Waals surface area (Å²) in [6.45, 7) is 10.7. The lowest BCUT2D eigenvalue weighted by Gasteiger charge is -2.21. The van der Waals surface area contributed by atoms with Crippen LogP contribution in [0.3, 0.4) is 0 Å². The molecule has 0 bridgehead atoms. The molecule has 2 N–H and O–H groups in total. The van der Waals surface area contributed by atoms with Crippen molar-refractivity contribution >= 4 is 11.6 Å². The molecule has 0 aromatic rings. The van der Waals surface area contributed by atoms with Gasteiger partial charge in [-0.1, -0.05) is 33.1 Å². The Hall–Kier alpha value is -1.89. The predicted molar refractivity (Wildman–Crippen MR) is 105 cm³/mol. The lowest BCUT2D eigenvalue weighted by Crippen LogP contribution is -2.29. The minimum atomic E-state index is 0. The first-order valence-corrected chi connectivity index (χ1v) is 10.1. The number of hydrogen-bond acceptors (Lipinski definition) is 6. The highest BCUT2D eigenvalue weighted by Gasteiger charge is 2.43. The van der Waals surface area contributed by atoms with E-state index in [1.54, 1.807) is 0 Å². The number of hydrogen-bond donors (Lipinski definition) is 1. The van der Waals surface area contributed by atoms with Crippen LogP contribution in [-0.4, -0.2) is 72.1 Å². The third kappa shape index (κ3) is 5.31. The molecule has 1 unspecified atom stereocenters. The van der Waals surface area contributed by atoms with Crippen LogP contribution in [0.15, 0.2) is 23.2 Å². The number of ketones is 2. The summed E-state index contributed by atoms with van der Waals surface area (Å²) < 4.78 is 0. The van der Waals surface area contributed by atoms with E-state index in [9.17, 15) is 9.59 Å². The zero-order valence-corrected chi connectivity index (χ0v) is 16.6. The van der Waals surface area contributed by atoms with E-state index in [2.05, 4.69) is 13.8 Å². The van der Waals surface area contributed by atoms with Gasteiger partial charge in [0.25, 0.3) is 0 Å². The molecule has 0 saturated carbocycles. The van der Waals surface area contributed by atoms with E-state index in [0.29, 0.717) is 17.1 Å². The van der Waals surface area contributed by atoms with Crippen LogP contribution in [0.25, 0.3) is 0 Å². The quantitative estimate of drug-likeness (QED) is 0.508. The lowest BCUT2D eigenvalue weighted by atomic mass is 10.00. The Balaban J connectivity index is 0.000000228. The van der Waals surface area contributed by atoms with Gasteiger partial charge in [0.2, 0.25) is 11.6 Å². The Kier molecular flexibility index (Phi) is 7.41. The first kappa shape index (κ1) is 21.4. The highest BCUT2D eigenvalue weighted by Crippen LogP contribution is 2.33. The monoisotopic (exact) mass is 380 g/mol. The Labute approximate surface area is 161 Å². The zero-order valence-electron chi connectivity index (χ0n) is 16.6. The molecule has 3 fully saturated rings. The largest absolute Gasteiger partial charge is 0.365 e. The maximum Gasteiger partial charge on any atom is 0.227 e. The molecule has 3 heterocycles. The number of Topliss-reactive ketones (excluding diaryl/α,β-unsaturated/α-hetero) is 1. The van der Waals surface area contributed by atoms with Gasteiger partial charge >= 0.3 is 0 Å². The van der Waals surface area contributed by atoms with Crippen molar-refractivity contribution in [3.05, 3.63) is 23.2 Å². The number of halogens is 1. The number of carbonyl (C=O) groups excluding carboxylic acids is 2. The van der Waals surface area contributed by atoms with Gasteiger partial charge in [-0.05, 0) is 18.9 Å². The van der Waals surface area contributed by atoms with Gasteiger partial charge in [0.05, 0.1) is 5.70 Å². The summed E-state index contributed by atoms with van der Waals surface area (Å²) in [6, 6.07) is 0. The van der Waals surface area contributed by atoms with Crippen LogP contribution in [0.4, 0.5) is 4.70 Å². The van der Waals surface area contributed by atoms with Gasteiger partial charge in [0.15, 0.2) is 0 Å². The Morgan fingerprint density at radius 3 is 1.96 bits per heavy atom. The van der Waals surface area contributed by atoms with E-state index < -0.39 is 0 Å². The van der Waals surface area contributed by atoms with Crippen molar-refractivity contribution in [1.29, 1.82) is 0 Å². The SMILES string of the molecule is CCCCC(CC)CN.F.O=C1C=C(N2CC2)C(=O)C(N2CC2)=C1N1CC1. The number of nitrogens with zero attached hydrogens (tertiary/aromatic N) is 3. The summed E-state index contributed by atoms with van der Waals surface area (Å²) in [5, 5.41) is 0. The van der Waals surface area contributed by atoms with Gasteiger partial charge in [-0.25, -0.2) is 0 Å². The van der Waals surface area contributed by atoms with Crippen LogP contribution >= 0.6 is 0 Å². The van der Waals surface area contributed by atoms with Crippen molar-refractivity contribution < 1.29 is 14.3 Å². The number of carbonyl (C=O) groups is 2. The summed E-state index contributed by atoms with van der Waals surface area (Å²) in [5.74, 6) is 0.831. The van der Waals surface area contributed by atoms with Crippen LogP contribution in [0.5, 0.6) is 0 Å². The van der Waals surface area contributed by atoms with Crippen LogP contribution in [0.2, 0.25) is 0 Å². The maximum atomic E-state index is 12.4. The first-order valence-electron chi connectivity index (χ1n) is 10.1. The van der Waals surface area contributed by atoms with Gasteiger partial charge in [-0.15, -0.1) is 0 Å². The topological polar surface area (TPSA) is 69.2 Å². The number of rotatable bonds is 8. The molecule has 0 aromatic heterocycles. The van der Waals surface area contributed by atoms with Crippen molar-refractivity contribution in [2.45, 2.75) is 39.5 Å². The molecule has 0 spiro atoms. The van der Waals surface area contributed by atoms with Gasteiger partial charge < -0.3 is 20.4 Å². The molecule has 0 radical (unpaired) electrons. The van der Waals surface area contributed by atoms with E-state index in [1.807, 2.05) is 14.7 Å². The van der Waals surface area contributed by atoms with Gasteiger partial charge in [-0.3, -0.25) is 14.3 Å². The van der Waals surface area contributed by atoms with Crippen LogP contribution in [-0.2, 0) is 9.59 Å². The maximum absolute atomic E-state index is 12.4. The molecule has 0 aromatic carbocycles. The minimum absolute atomic E-state index is 0. The molecular formula is C20H33FN4O2. The Bertz CT molecular complexity index is 615. The third-order valence-electron chi connectivity index (χ3n) is 5.36. The minimum Gasteiger partial charge on any atom is -0.365 e. The number of nitrogens with two attached hydrogens (primary N) is 1. The van der Waals surface area contributed by atoms with E-state index in [-0.39, 0.29) is 16.3 Å². The summed E-state index contributed by atoms with van der Waals surface area (Å²) >= 11 is 0. The lowest BCUT2D eigenvalue weighted by molar-refractivity contribution is -0.117. The fourth-order valence-corrected chi connectivity index (χ4v) is 3.26. The van der Waals surface area contributed by atoms with Crippen LogP contribution < -0.4 is 5.73 Å². The molecule has 4 rings (SSSR count). The van der Waals surface area contributed by atoms with Crippen molar-refractivity contribution in [3.8, 4) is 0 Å². The second-order valence-electron chi connectivity index (χ2n) is 7.53. The van der Waals surface area contributed by atoms with E-state index in [1.165, 1.54) is 31.8 Å². The standard InChI is InChI=1S/C12H13N3O2.C8H19N.FH/c16-9-7-8(13-1-2-13)12(17)11(15-5-6-15)10(9)14-3-4-14;1-3-5-6-8(4-2)7-9;/h7H,1-6H2;8H,3-7,9H2,1-2H3;1H. The molecular weight excluding hydrogens is 347 g/mol. The van der Waals surface area contributed by atoms with Crippen molar-refractivity contribution in [2.75, 3.05) is 45.8 Å². The van der Waals surface area contributed by atoms with E-state index >= 15 is 0 Å². The van der Waals surface area contributed by atoms with Gasteiger partial charge in [-0.2, -0.15) is 0 Å². The van der Waals surface area contributed by atoms with Crippen LogP contribution in [0.1, 0.15) is 39.5 Å². The number of unbranched alkanes of at least 4 members (excludes halogenated alkanes) is 1. The van der Waals surface area contributed by atoms with Crippen molar-refractivity contribution in [3.63, 3.8) is 0 Å². The highest BCUT2D eigenvalue weighted by atomic mass is 19.0. The molecule has 3 aliphatic heterocycles. The summed E-state index contributed by atoms with van der Waals surface area (Å²) in [5.41, 5.74) is 7.41. The molecule has 4 aliphatic rings. The van der Waals surface area contributed by atoms with Crippen LogP contribution in [0, 0.1) is 5.92 Å². The normalized spacial score (nSPS) is 21.3. The average molecular weight is 381 g/mol. The molecule has 6 nitrogen and oxygen atoms in total. The van der Waals surface area contributed by atoms with Gasteiger partial charge in [0.1, 0.15) is 11.4 Å². The molecule has 27 heavy (non-hydrogen) atoms. The zero-order chi connectivity index (χ0) is 18.7. The Morgan fingerprint density at radius 1 is 0.963 bits per heavy atom. The molecule has 1 aliphatic carbocycles. The molecule has 1 atom stereocenters. The molecule has 7 heteroatoms. The fourth-order valence-electron chi connectivity index (χ4n) is 3.26. The fraction of sp³-hybridized carbons (Fsp3) is 0.700. The third-order valence-corrected chi connectivity index (χ3v) is 5.36. The highest BCUT2D eigenvalue weighted by molar-refractivity contribution is 6.22. The summed E-state index contributed by atoms with van der Waals surface area (Å²) in [6.07, 6.45) is 6.74. The van der Waals surface area contributed by atoms with E-state index in [4.69, 9.17) is 5.73 Å². The van der Waals surface area contributed by atoms with Gasteiger partial charge in [0, 0.05) is 45.3 Å². The second-order valence-corrected chi connectivity index (χ2v) is 7.53. The smallest absolute Gasteiger partial charge is 0.227 e. The molecule has 152 valence electrons. The van der Waals surface area contributed by atoms with Crippen molar-refractivity contribution in [2.24, 2.45) is 11.7 Å². The number of allylic oxidation sites excluding steroid dienone is 1. The second kappa shape index (κ2) is 9.35. The summed E-state index contributed by atoms with van der Waals surface area (Å²) in [4.78, 5) is 30.5. The molecule has 3 saturated heterocycles. The first-order chi connectivity index (χ1) is 12.6. The van der Waals surface area contributed by atoms with Crippen molar-refractivity contribution in [1.82, 2.24) is 14.7 Å². The predicted octanol–water partition coefficient (Wildman–Crippen LogP) is 1.49. The average Bonchev–Trinajstić information content (AvgIpc) is 3.51.